The number of aryl methyl sites for hydroxylation is 2. The first kappa shape index (κ1) is 20.0. The van der Waals surface area contributed by atoms with E-state index < -0.39 is 0 Å². The van der Waals surface area contributed by atoms with Gasteiger partial charge in [-0.25, -0.2) is 9.97 Å². The van der Waals surface area contributed by atoms with Gasteiger partial charge in [-0.1, -0.05) is 13.3 Å². The highest BCUT2D eigenvalue weighted by atomic mass is 16.5. The maximum absolute atomic E-state index is 12.8. The fourth-order valence-corrected chi connectivity index (χ4v) is 3.92. The van der Waals surface area contributed by atoms with Crippen molar-refractivity contribution in [2.75, 3.05) is 44.3 Å². The molecular formula is C20H33N5O2. The minimum absolute atomic E-state index is 0.123. The van der Waals surface area contributed by atoms with Crippen molar-refractivity contribution in [2.24, 2.45) is 0 Å². The minimum atomic E-state index is -0.143. The molecule has 2 fully saturated rings. The molecule has 7 nitrogen and oxygen atoms in total. The Morgan fingerprint density at radius 3 is 2.74 bits per heavy atom. The number of hydrogen-bond acceptors (Lipinski definition) is 6. The average molecular weight is 376 g/mol. The molecular weight excluding hydrogens is 342 g/mol. The smallest absolute Gasteiger partial charge is 0.239 e. The summed E-state index contributed by atoms with van der Waals surface area (Å²) in [6.45, 7) is 11.0. The minimum Gasteiger partial charge on any atom is -0.378 e. The number of unbranched alkanes of at least 4 members (excludes halogenated alkanes) is 1. The Bertz CT molecular complexity index is 611. The molecule has 2 aliphatic heterocycles. The van der Waals surface area contributed by atoms with Crippen LogP contribution in [0.25, 0.3) is 0 Å². The van der Waals surface area contributed by atoms with Crippen molar-refractivity contribution in [2.45, 2.75) is 58.5 Å². The van der Waals surface area contributed by atoms with Crippen LogP contribution in [0, 0.1) is 13.8 Å². The van der Waals surface area contributed by atoms with Crippen LogP contribution in [0.5, 0.6) is 0 Å². The van der Waals surface area contributed by atoms with Gasteiger partial charge in [0.15, 0.2) is 0 Å². The van der Waals surface area contributed by atoms with Gasteiger partial charge in [0.05, 0.1) is 13.2 Å². The van der Waals surface area contributed by atoms with Gasteiger partial charge in [-0.2, -0.15) is 0 Å². The number of carbonyl (C=O) groups is 1. The molecule has 1 atom stereocenters. The summed E-state index contributed by atoms with van der Waals surface area (Å²) in [4.78, 5) is 26.3. The van der Waals surface area contributed by atoms with E-state index in [-0.39, 0.29) is 18.0 Å². The summed E-state index contributed by atoms with van der Waals surface area (Å²) in [6, 6.07) is 2.12. The molecule has 0 aromatic carbocycles. The van der Waals surface area contributed by atoms with Gasteiger partial charge in [-0.15, -0.1) is 0 Å². The van der Waals surface area contributed by atoms with E-state index in [4.69, 9.17) is 4.74 Å². The van der Waals surface area contributed by atoms with Gasteiger partial charge in [0.1, 0.15) is 17.7 Å². The summed E-state index contributed by atoms with van der Waals surface area (Å²) in [5.41, 5.74) is 0.998. The standard InChI is InChI=1S/C20H33N5O2/c1-4-5-8-24-11-12-27-14-18(24)20(26)23-17-6-9-25(10-7-17)19-13-15(2)21-16(3)22-19/h13,17-18H,4-12,14H2,1-3H3,(H,23,26)/t18-/m0/s1. The van der Waals surface area contributed by atoms with E-state index >= 15 is 0 Å². The van der Waals surface area contributed by atoms with E-state index in [1.807, 2.05) is 19.9 Å². The van der Waals surface area contributed by atoms with Gasteiger partial charge in [-0.05, 0) is 39.7 Å². The van der Waals surface area contributed by atoms with E-state index in [1.165, 1.54) is 0 Å². The van der Waals surface area contributed by atoms with Crippen molar-refractivity contribution in [3.05, 3.63) is 17.6 Å². The van der Waals surface area contributed by atoms with Crippen LogP contribution >= 0.6 is 0 Å². The third kappa shape index (κ3) is 5.39. The second kappa shape index (κ2) is 9.46. The summed E-state index contributed by atoms with van der Waals surface area (Å²) >= 11 is 0. The average Bonchev–Trinajstić information content (AvgIpc) is 2.66. The van der Waals surface area contributed by atoms with Crippen LogP contribution in [0.1, 0.15) is 44.1 Å². The lowest BCUT2D eigenvalue weighted by Gasteiger charge is -2.37. The van der Waals surface area contributed by atoms with Crippen LogP contribution in [0.2, 0.25) is 0 Å². The fraction of sp³-hybridized carbons (Fsp3) is 0.750. The SMILES string of the molecule is CCCCN1CCOC[C@H]1C(=O)NC1CCN(c2cc(C)nc(C)n2)CC1. The molecule has 0 radical (unpaired) electrons. The van der Waals surface area contributed by atoms with Crippen molar-refractivity contribution in [1.29, 1.82) is 0 Å². The normalized spacial score (nSPS) is 22.0. The number of morpholine rings is 1. The number of nitrogens with zero attached hydrogens (tertiary/aromatic N) is 4. The van der Waals surface area contributed by atoms with E-state index in [1.54, 1.807) is 0 Å². The number of anilines is 1. The zero-order valence-corrected chi connectivity index (χ0v) is 16.9. The molecule has 7 heteroatoms. The Hall–Kier alpha value is -1.73. The van der Waals surface area contributed by atoms with E-state index in [2.05, 4.69) is 32.0 Å². The molecule has 2 saturated heterocycles. The summed E-state index contributed by atoms with van der Waals surface area (Å²) < 4.78 is 5.57. The number of amides is 1. The number of piperidine rings is 1. The van der Waals surface area contributed by atoms with E-state index in [0.717, 1.165) is 75.8 Å². The number of rotatable bonds is 6. The Morgan fingerprint density at radius 1 is 1.26 bits per heavy atom. The van der Waals surface area contributed by atoms with Crippen LogP contribution in [0.4, 0.5) is 5.82 Å². The summed E-state index contributed by atoms with van der Waals surface area (Å²) in [5.74, 6) is 1.93. The summed E-state index contributed by atoms with van der Waals surface area (Å²) in [6.07, 6.45) is 4.15. The summed E-state index contributed by atoms with van der Waals surface area (Å²) in [5, 5.41) is 3.27. The Balaban J connectivity index is 1.51. The van der Waals surface area contributed by atoms with E-state index in [9.17, 15) is 4.79 Å². The largest absolute Gasteiger partial charge is 0.378 e. The van der Waals surface area contributed by atoms with Gasteiger partial charge in [0.2, 0.25) is 5.91 Å². The van der Waals surface area contributed by atoms with Gasteiger partial charge in [0, 0.05) is 37.4 Å². The number of ether oxygens (including phenoxy) is 1. The number of hydrogen-bond donors (Lipinski definition) is 1. The van der Waals surface area contributed by atoms with Gasteiger partial charge in [0.25, 0.3) is 0 Å². The Morgan fingerprint density at radius 2 is 2.04 bits per heavy atom. The van der Waals surface area contributed by atoms with Crippen molar-refractivity contribution < 1.29 is 9.53 Å². The second-order valence-corrected chi connectivity index (χ2v) is 7.66. The monoisotopic (exact) mass is 375 g/mol. The molecule has 0 unspecified atom stereocenters. The van der Waals surface area contributed by atoms with E-state index in [0.29, 0.717) is 6.61 Å². The first-order valence-corrected chi connectivity index (χ1v) is 10.3. The molecule has 0 bridgehead atoms. The zero-order chi connectivity index (χ0) is 19.2. The first-order valence-electron chi connectivity index (χ1n) is 10.3. The molecule has 3 heterocycles. The molecule has 1 aromatic heterocycles. The van der Waals surface area contributed by atoms with Crippen molar-refractivity contribution in [3.8, 4) is 0 Å². The number of carbonyl (C=O) groups excluding carboxylic acids is 1. The second-order valence-electron chi connectivity index (χ2n) is 7.66. The molecule has 1 aromatic rings. The number of aromatic nitrogens is 2. The van der Waals surface area contributed by atoms with Gasteiger partial charge < -0.3 is 15.0 Å². The third-order valence-electron chi connectivity index (χ3n) is 5.46. The van der Waals surface area contributed by atoms with Crippen LogP contribution in [0.3, 0.4) is 0 Å². The predicted octanol–water partition coefficient (Wildman–Crippen LogP) is 1.68. The molecule has 0 saturated carbocycles. The molecule has 0 aliphatic carbocycles. The molecule has 1 N–H and O–H groups in total. The first-order chi connectivity index (χ1) is 13.1. The van der Waals surface area contributed by atoms with Crippen LogP contribution in [-0.4, -0.2) is 72.3 Å². The highest BCUT2D eigenvalue weighted by Gasteiger charge is 2.31. The van der Waals surface area contributed by atoms with Crippen molar-refractivity contribution >= 4 is 11.7 Å². The van der Waals surface area contributed by atoms with Gasteiger partial charge in [-0.3, -0.25) is 9.69 Å². The highest BCUT2D eigenvalue weighted by Crippen LogP contribution is 2.19. The fourth-order valence-electron chi connectivity index (χ4n) is 3.92. The van der Waals surface area contributed by atoms with Gasteiger partial charge >= 0.3 is 0 Å². The maximum atomic E-state index is 12.8. The highest BCUT2D eigenvalue weighted by molar-refractivity contribution is 5.82. The lowest BCUT2D eigenvalue weighted by atomic mass is 10.0. The molecule has 3 rings (SSSR count). The topological polar surface area (TPSA) is 70.6 Å². The molecule has 150 valence electrons. The van der Waals surface area contributed by atoms with Crippen molar-refractivity contribution in [3.63, 3.8) is 0 Å². The molecule has 1 amide bonds. The van der Waals surface area contributed by atoms with Crippen molar-refractivity contribution in [1.82, 2.24) is 20.2 Å². The lowest BCUT2D eigenvalue weighted by molar-refractivity contribution is -0.133. The Kier molecular flexibility index (Phi) is 7.01. The zero-order valence-electron chi connectivity index (χ0n) is 16.9. The maximum Gasteiger partial charge on any atom is 0.239 e. The molecule has 27 heavy (non-hydrogen) atoms. The predicted molar refractivity (Wildman–Crippen MR) is 106 cm³/mol. The Labute approximate surface area is 162 Å². The van der Waals surface area contributed by atoms with Crippen LogP contribution in [-0.2, 0) is 9.53 Å². The summed E-state index contributed by atoms with van der Waals surface area (Å²) in [7, 11) is 0. The van der Waals surface area contributed by atoms with Crippen LogP contribution < -0.4 is 10.2 Å². The molecule has 2 aliphatic rings. The lowest BCUT2D eigenvalue weighted by Crippen LogP contribution is -2.56. The third-order valence-corrected chi connectivity index (χ3v) is 5.46. The van der Waals surface area contributed by atoms with Crippen LogP contribution in [0.15, 0.2) is 6.07 Å². The number of nitrogens with one attached hydrogen (secondary N) is 1. The molecule has 0 spiro atoms. The quantitative estimate of drug-likeness (QED) is 0.816.